The maximum absolute atomic E-state index is 12.6. The molecule has 0 amide bonds. The third-order valence-electron chi connectivity index (χ3n) is 4.78. The molecule has 1 aliphatic rings. The number of hydrogen-bond acceptors (Lipinski definition) is 3. The highest BCUT2D eigenvalue weighted by Gasteiger charge is 2.27. The highest BCUT2D eigenvalue weighted by Crippen LogP contribution is 2.34. The molecule has 0 fully saturated rings. The summed E-state index contributed by atoms with van der Waals surface area (Å²) >= 11 is 0. The normalized spacial score (nSPS) is 14.2. The Morgan fingerprint density at radius 3 is 2.48 bits per heavy atom. The van der Waals surface area contributed by atoms with E-state index in [-0.39, 0.29) is 5.78 Å². The Bertz CT molecular complexity index is 1060. The fraction of sp³-hybridized carbons (Fsp3) is 0.115. The molecule has 0 saturated carbocycles. The van der Waals surface area contributed by atoms with Crippen molar-refractivity contribution in [3.05, 3.63) is 107 Å². The Kier molecular flexibility index (Phi) is 5.57. The molecule has 3 aromatic carbocycles. The molecule has 3 aromatic rings. The molecule has 0 aromatic heterocycles. The maximum atomic E-state index is 12.6. The average molecular weight is 382 g/mol. The lowest BCUT2D eigenvalue weighted by Crippen LogP contribution is -1.98. The van der Waals surface area contributed by atoms with Gasteiger partial charge in [-0.25, -0.2) is 0 Å². The summed E-state index contributed by atoms with van der Waals surface area (Å²) in [7, 11) is 0. The summed E-state index contributed by atoms with van der Waals surface area (Å²) in [5, 5.41) is 0. The molecule has 144 valence electrons. The van der Waals surface area contributed by atoms with Crippen LogP contribution in [0.1, 0.15) is 34.0 Å². The van der Waals surface area contributed by atoms with Crippen molar-refractivity contribution in [2.24, 2.45) is 0 Å². The topological polar surface area (TPSA) is 35.5 Å². The molecule has 4 rings (SSSR count). The minimum Gasteiger partial charge on any atom is -0.489 e. The van der Waals surface area contributed by atoms with Crippen molar-refractivity contribution in [2.75, 3.05) is 6.61 Å². The molecule has 0 saturated heterocycles. The average Bonchev–Trinajstić information content (AvgIpc) is 3.07. The molecule has 3 nitrogen and oxygen atoms in total. The van der Waals surface area contributed by atoms with Gasteiger partial charge in [0.1, 0.15) is 18.1 Å². The van der Waals surface area contributed by atoms with Gasteiger partial charge >= 0.3 is 0 Å². The maximum Gasteiger partial charge on any atom is 0.231 e. The number of Topliss-reactive ketones (excluding diaryl/α,β-unsaturated/α-hetero) is 1. The van der Waals surface area contributed by atoms with Crippen LogP contribution in [0, 0.1) is 0 Å². The van der Waals surface area contributed by atoms with Gasteiger partial charge < -0.3 is 9.47 Å². The first-order chi connectivity index (χ1) is 14.2. The van der Waals surface area contributed by atoms with E-state index in [1.54, 1.807) is 24.3 Å². The van der Waals surface area contributed by atoms with Gasteiger partial charge in [-0.15, -0.1) is 0 Å². The lowest BCUT2D eigenvalue weighted by atomic mass is 10.1. The minimum absolute atomic E-state index is 0.102. The predicted octanol–water partition coefficient (Wildman–Crippen LogP) is 5.96. The van der Waals surface area contributed by atoms with Crippen molar-refractivity contribution in [3.63, 3.8) is 0 Å². The summed E-state index contributed by atoms with van der Waals surface area (Å²) in [6.07, 6.45) is 6.74. The molecular weight excluding hydrogens is 360 g/mol. The SMILES string of the molecule is CCc1ccc(/C=C2\Oc3cc(OC/C=C/c4ccccc4)ccc3C2=O)cc1. The minimum atomic E-state index is -0.102. The number of benzene rings is 3. The number of fused-ring (bicyclic) bond motifs is 1. The third-order valence-corrected chi connectivity index (χ3v) is 4.78. The van der Waals surface area contributed by atoms with Crippen LogP contribution in [0.5, 0.6) is 11.5 Å². The molecule has 0 spiro atoms. The highest BCUT2D eigenvalue weighted by molar-refractivity contribution is 6.14. The van der Waals surface area contributed by atoms with Crippen LogP contribution >= 0.6 is 0 Å². The van der Waals surface area contributed by atoms with Crippen LogP contribution in [0.15, 0.2) is 84.6 Å². The van der Waals surface area contributed by atoms with Gasteiger partial charge in [-0.05, 0) is 47.4 Å². The van der Waals surface area contributed by atoms with E-state index in [2.05, 4.69) is 19.1 Å². The number of ketones is 1. The summed E-state index contributed by atoms with van der Waals surface area (Å²) in [4.78, 5) is 12.6. The quantitative estimate of drug-likeness (QED) is 0.494. The van der Waals surface area contributed by atoms with Crippen LogP contribution in [0.25, 0.3) is 12.2 Å². The van der Waals surface area contributed by atoms with Gasteiger partial charge in [0.05, 0.1) is 5.56 Å². The first kappa shape index (κ1) is 18.8. The predicted molar refractivity (Wildman–Crippen MR) is 116 cm³/mol. The molecule has 0 aliphatic carbocycles. The standard InChI is InChI=1S/C26H22O3/c1-2-19-10-12-21(13-11-19)17-25-26(27)23-15-14-22(18-24(23)29-25)28-16-6-9-20-7-4-3-5-8-20/h3-15,17-18H,2,16H2,1H3/b9-6+,25-17-. The third kappa shape index (κ3) is 4.46. The molecule has 1 heterocycles. The number of carbonyl (C=O) groups excluding carboxylic acids is 1. The number of rotatable bonds is 6. The number of allylic oxidation sites excluding steroid dienone is 1. The number of hydrogen-bond donors (Lipinski definition) is 0. The number of ether oxygens (including phenoxy) is 2. The van der Waals surface area contributed by atoms with Crippen molar-refractivity contribution in [2.45, 2.75) is 13.3 Å². The first-order valence-electron chi connectivity index (χ1n) is 9.74. The zero-order valence-electron chi connectivity index (χ0n) is 16.3. The van der Waals surface area contributed by atoms with Gasteiger partial charge in [-0.3, -0.25) is 4.79 Å². The van der Waals surface area contributed by atoms with E-state index in [9.17, 15) is 4.79 Å². The lowest BCUT2D eigenvalue weighted by Gasteiger charge is -2.05. The zero-order valence-corrected chi connectivity index (χ0v) is 16.3. The second kappa shape index (κ2) is 8.61. The van der Waals surface area contributed by atoms with Crippen molar-refractivity contribution in [1.82, 2.24) is 0 Å². The van der Waals surface area contributed by atoms with Gasteiger partial charge in [-0.2, -0.15) is 0 Å². The van der Waals surface area contributed by atoms with Gasteiger partial charge in [0, 0.05) is 6.07 Å². The summed E-state index contributed by atoms with van der Waals surface area (Å²) in [6.45, 7) is 2.55. The van der Waals surface area contributed by atoms with Crippen LogP contribution in [0.4, 0.5) is 0 Å². The Labute approximate surface area is 170 Å². The van der Waals surface area contributed by atoms with Crippen LogP contribution in [-0.4, -0.2) is 12.4 Å². The molecule has 0 radical (unpaired) electrons. The number of carbonyl (C=O) groups is 1. The summed E-state index contributed by atoms with van der Waals surface area (Å²) in [6, 6.07) is 23.5. The van der Waals surface area contributed by atoms with Crippen molar-refractivity contribution < 1.29 is 14.3 Å². The first-order valence-corrected chi connectivity index (χ1v) is 9.74. The monoisotopic (exact) mass is 382 g/mol. The van der Waals surface area contributed by atoms with E-state index in [0.29, 0.717) is 29.4 Å². The van der Waals surface area contributed by atoms with E-state index < -0.39 is 0 Å². The van der Waals surface area contributed by atoms with E-state index in [0.717, 1.165) is 17.5 Å². The highest BCUT2D eigenvalue weighted by atomic mass is 16.5. The van der Waals surface area contributed by atoms with Crippen molar-refractivity contribution >= 4 is 17.9 Å². The molecule has 29 heavy (non-hydrogen) atoms. The van der Waals surface area contributed by atoms with Gasteiger partial charge in [0.15, 0.2) is 5.76 Å². The van der Waals surface area contributed by atoms with Crippen LogP contribution in [0.3, 0.4) is 0 Å². The van der Waals surface area contributed by atoms with E-state index in [1.807, 2.05) is 54.6 Å². The van der Waals surface area contributed by atoms with Gasteiger partial charge in [-0.1, -0.05) is 67.6 Å². The van der Waals surface area contributed by atoms with E-state index >= 15 is 0 Å². The smallest absolute Gasteiger partial charge is 0.231 e. The number of aryl methyl sites for hydroxylation is 1. The molecule has 3 heteroatoms. The largest absolute Gasteiger partial charge is 0.489 e. The molecule has 1 aliphatic heterocycles. The summed E-state index contributed by atoms with van der Waals surface area (Å²) < 4.78 is 11.6. The Balaban J connectivity index is 1.42. The van der Waals surface area contributed by atoms with Crippen LogP contribution in [0.2, 0.25) is 0 Å². The van der Waals surface area contributed by atoms with Gasteiger partial charge in [0.2, 0.25) is 5.78 Å². The van der Waals surface area contributed by atoms with Crippen molar-refractivity contribution in [1.29, 1.82) is 0 Å². The van der Waals surface area contributed by atoms with E-state index in [4.69, 9.17) is 9.47 Å². The second-order valence-electron chi connectivity index (χ2n) is 6.82. The molecule has 0 bridgehead atoms. The summed E-state index contributed by atoms with van der Waals surface area (Å²) in [5.74, 6) is 1.44. The molecule has 0 unspecified atom stereocenters. The van der Waals surface area contributed by atoms with Crippen molar-refractivity contribution in [3.8, 4) is 11.5 Å². The lowest BCUT2D eigenvalue weighted by molar-refractivity contribution is 0.101. The summed E-state index contributed by atoms with van der Waals surface area (Å²) in [5.41, 5.74) is 3.90. The van der Waals surface area contributed by atoms with Crippen LogP contribution in [-0.2, 0) is 6.42 Å². The fourth-order valence-electron chi connectivity index (χ4n) is 3.15. The Hall–Kier alpha value is -3.59. The van der Waals surface area contributed by atoms with Crippen LogP contribution < -0.4 is 9.47 Å². The Morgan fingerprint density at radius 1 is 0.931 bits per heavy atom. The zero-order chi connectivity index (χ0) is 20.1. The Morgan fingerprint density at radius 2 is 1.72 bits per heavy atom. The molecule has 0 N–H and O–H groups in total. The van der Waals surface area contributed by atoms with E-state index in [1.165, 1.54) is 5.56 Å². The van der Waals surface area contributed by atoms with Gasteiger partial charge in [0.25, 0.3) is 0 Å². The molecule has 0 atom stereocenters. The second-order valence-corrected chi connectivity index (χ2v) is 6.82. The fourth-order valence-corrected chi connectivity index (χ4v) is 3.15. The molecular formula is C26H22O3.